The third kappa shape index (κ3) is 4.08. The van der Waals surface area contributed by atoms with Crippen LogP contribution >= 0.6 is 0 Å². The van der Waals surface area contributed by atoms with Crippen LogP contribution in [0.5, 0.6) is 0 Å². The van der Waals surface area contributed by atoms with E-state index in [4.69, 9.17) is 0 Å². The highest BCUT2D eigenvalue weighted by atomic mass is 15.3. The molecule has 2 heterocycles. The summed E-state index contributed by atoms with van der Waals surface area (Å²) in [6, 6.07) is 0. The van der Waals surface area contributed by atoms with E-state index in [1.807, 2.05) is 13.4 Å². The molecule has 0 saturated carbocycles. The Labute approximate surface area is 110 Å². The number of aromatic nitrogens is 2. The van der Waals surface area contributed by atoms with Gasteiger partial charge in [-0.2, -0.15) is 0 Å². The summed E-state index contributed by atoms with van der Waals surface area (Å²) >= 11 is 0. The van der Waals surface area contributed by atoms with Crippen LogP contribution in [-0.2, 0) is 13.0 Å². The molecule has 1 N–H and O–H groups in total. The fourth-order valence-corrected chi connectivity index (χ4v) is 2.24. The molecule has 0 amide bonds. The summed E-state index contributed by atoms with van der Waals surface area (Å²) in [7, 11) is 4.17. The average Bonchev–Trinajstić information content (AvgIpc) is 2.84. The first-order valence-electron chi connectivity index (χ1n) is 6.84. The molecule has 0 unspecified atom stereocenters. The van der Waals surface area contributed by atoms with E-state index in [1.165, 1.54) is 31.9 Å². The minimum absolute atomic E-state index is 0.996. The quantitative estimate of drug-likeness (QED) is 0.765. The van der Waals surface area contributed by atoms with Crippen molar-refractivity contribution in [2.24, 2.45) is 0 Å². The SMILES string of the molecule is CNCCc1cn(CCN2CCN(C)CC2)cn1. The van der Waals surface area contributed by atoms with Crippen molar-refractivity contribution in [1.82, 2.24) is 24.7 Å². The Morgan fingerprint density at radius 3 is 2.72 bits per heavy atom. The van der Waals surface area contributed by atoms with Gasteiger partial charge in [-0.25, -0.2) is 4.98 Å². The zero-order valence-corrected chi connectivity index (χ0v) is 11.6. The highest BCUT2D eigenvalue weighted by Gasteiger charge is 2.13. The molecule has 0 aliphatic carbocycles. The van der Waals surface area contributed by atoms with E-state index in [2.05, 4.69) is 37.9 Å². The summed E-state index contributed by atoms with van der Waals surface area (Å²) in [4.78, 5) is 9.35. The van der Waals surface area contributed by atoms with Crippen molar-refractivity contribution in [3.63, 3.8) is 0 Å². The minimum Gasteiger partial charge on any atom is -0.336 e. The van der Waals surface area contributed by atoms with Crippen LogP contribution in [-0.4, -0.2) is 72.7 Å². The van der Waals surface area contributed by atoms with E-state index in [0.29, 0.717) is 0 Å². The van der Waals surface area contributed by atoms with Crippen LogP contribution in [0.15, 0.2) is 12.5 Å². The van der Waals surface area contributed by atoms with Crippen LogP contribution < -0.4 is 5.32 Å². The topological polar surface area (TPSA) is 36.3 Å². The van der Waals surface area contributed by atoms with Gasteiger partial charge in [-0.05, 0) is 14.1 Å². The molecule has 0 spiro atoms. The normalized spacial score (nSPS) is 18.3. The van der Waals surface area contributed by atoms with Crippen molar-refractivity contribution in [2.75, 3.05) is 53.4 Å². The first kappa shape index (κ1) is 13.5. The van der Waals surface area contributed by atoms with Gasteiger partial charge in [-0.3, -0.25) is 4.90 Å². The van der Waals surface area contributed by atoms with Crippen molar-refractivity contribution in [1.29, 1.82) is 0 Å². The second kappa shape index (κ2) is 6.87. The van der Waals surface area contributed by atoms with Gasteiger partial charge in [-0.15, -0.1) is 0 Å². The largest absolute Gasteiger partial charge is 0.336 e. The Hall–Kier alpha value is -0.910. The Morgan fingerprint density at radius 2 is 2.00 bits per heavy atom. The Balaban J connectivity index is 1.71. The van der Waals surface area contributed by atoms with Crippen molar-refractivity contribution in [2.45, 2.75) is 13.0 Å². The van der Waals surface area contributed by atoms with Crippen LogP contribution in [0.4, 0.5) is 0 Å². The molecule has 0 radical (unpaired) electrons. The molecule has 1 saturated heterocycles. The molecule has 1 aromatic heterocycles. The van der Waals surface area contributed by atoms with E-state index < -0.39 is 0 Å². The first-order valence-corrected chi connectivity index (χ1v) is 6.84. The average molecular weight is 251 g/mol. The summed E-state index contributed by atoms with van der Waals surface area (Å²) in [5.41, 5.74) is 1.18. The van der Waals surface area contributed by atoms with E-state index in [9.17, 15) is 0 Å². The third-order valence-electron chi connectivity index (χ3n) is 3.59. The summed E-state index contributed by atoms with van der Waals surface area (Å²) in [5.74, 6) is 0. The van der Waals surface area contributed by atoms with Gasteiger partial charge < -0.3 is 14.8 Å². The van der Waals surface area contributed by atoms with Gasteiger partial charge in [0.1, 0.15) is 0 Å². The van der Waals surface area contributed by atoms with Gasteiger partial charge in [0, 0.05) is 58.4 Å². The lowest BCUT2D eigenvalue weighted by molar-refractivity contribution is 0.150. The van der Waals surface area contributed by atoms with Crippen molar-refractivity contribution in [3.8, 4) is 0 Å². The zero-order chi connectivity index (χ0) is 12.8. The Kier molecular flexibility index (Phi) is 5.16. The van der Waals surface area contributed by atoms with Gasteiger partial charge in [0.25, 0.3) is 0 Å². The molecule has 1 fully saturated rings. The molecule has 0 atom stereocenters. The van der Waals surface area contributed by atoms with E-state index in [-0.39, 0.29) is 0 Å². The van der Waals surface area contributed by atoms with Crippen LogP contribution in [0.25, 0.3) is 0 Å². The minimum atomic E-state index is 0.996. The summed E-state index contributed by atoms with van der Waals surface area (Å²) in [6.45, 7) is 7.95. The lowest BCUT2D eigenvalue weighted by Crippen LogP contribution is -2.45. The Bertz CT molecular complexity index is 341. The molecule has 0 bridgehead atoms. The van der Waals surface area contributed by atoms with E-state index in [0.717, 1.165) is 26.1 Å². The van der Waals surface area contributed by atoms with Gasteiger partial charge in [0.15, 0.2) is 0 Å². The van der Waals surface area contributed by atoms with Gasteiger partial charge >= 0.3 is 0 Å². The van der Waals surface area contributed by atoms with Gasteiger partial charge in [-0.1, -0.05) is 0 Å². The number of hydrogen-bond donors (Lipinski definition) is 1. The second-order valence-electron chi connectivity index (χ2n) is 5.10. The predicted octanol–water partition coefficient (Wildman–Crippen LogP) is -0.108. The van der Waals surface area contributed by atoms with Crippen molar-refractivity contribution < 1.29 is 0 Å². The highest BCUT2D eigenvalue weighted by molar-refractivity contribution is 4.97. The van der Waals surface area contributed by atoms with Crippen molar-refractivity contribution >= 4 is 0 Å². The lowest BCUT2D eigenvalue weighted by atomic mass is 10.3. The van der Waals surface area contributed by atoms with Crippen LogP contribution in [0, 0.1) is 0 Å². The van der Waals surface area contributed by atoms with Crippen LogP contribution in [0.3, 0.4) is 0 Å². The molecular formula is C13H25N5. The molecule has 102 valence electrons. The molecule has 1 aliphatic rings. The van der Waals surface area contributed by atoms with Crippen LogP contribution in [0.2, 0.25) is 0 Å². The fourth-order valence-electron chi connectivity index (χ4n) is 2.24. The summed E-state index contributed by atoms with van der Waals surface area (Å²) in [6.07, 6.45) is 5.15. The highest BCUT2D eigenvalue weighted by Crippen LogP contribution is 2.01. The summed E-state index contributed by atoms with van der Waals surface area (Å²) < 4.78 is 2.21. The van der Waals surface area contributed by atoms with Crippen LogP contribution in [0.1, 0.15) is 5.69 Å². The predicted molar refractivity (Wildman–Crippen MR) is 73.8 cm³/mol. The van der Waals surface area contributed by atoms with E-state index >= 15 is 0 Å². The van der Waals surface area contributed by atoms with Gasteiger partial charge in [0.05, 0.1) is 12.0 Å². The molecule has 1 aliphatic heterocycles. The maximum Gasteiger partial charge on any atom is 0.0949 e. The molecule has 18 heavy (non-hydrogen) atoms. The third-order valence-corrected chi connectivity index (χ3v) is 3.59. The monoisotopic (exact) mass is 251 g/mol. The molecule has 0 aromatic carbocycles. The standard InChI is InChI=1S/C13H25N5/c1-14-4-3-13-11-18(12-15-13)10-9-17-7-5-16(2)6-8-17/h11-12,14H,3-10H2,1-2H3. The number of imidazole rings is 1. The molecule has 5 nitrogen and oxygen atoms in total. The molecule has 1 aromatic rings. The summed E-state index contributed by atoms with van der Waals surface area (Å²) in [5, 5.41) is 3.15. The smallest absolute Gasteiger partial charge is 0.0949 e. The van der Waals surface area contributed by atoms with Gasteiger partial charge in [0.2, 0.25) is 0 Å². The number of likely N-dealkylation sites (N-methyl/N-ethyl adjacent to an activating group) is 2. The number of piperazine rings is 1. The Morgan fingerprint density at radius 1 is 1.22 bits per heavy atom. The molecule has 5 heteroatoms. The fraction of sp³-hybridized carbons (Fsp3) is 0.769. The second-order valence-corrected chi connectivity index (χ2v) is 5.10. The maximum atomic E-state index is 4.43. The molecular weight excluding hydrogens is 226 g/mol. The zero-order valence-electron chi connectivity index (χ0n) is 11.6. The van der Waals surface area contributed by atoms with Crippen molar-refractivity contribution in [3.05, 3.63) is 18.2 Å². The maximum absolute atomic E-state index is 4.43. The number of nitrogens with one attached hydrogen (secondary N) is 1. The van der Waals surface area contributed by atoms with E-state index in [1.54, 1.807) is 0 Å². The lowest BCUT2D eigenvalue weighted by Gasteiger charge is -2.32. The number of hydrogen-bond acceptors (Lipinski definition) is 4. The first-order chi connectivity index (χ1) is 8.78. The number of rotatable bonds is 6. The number of nitrogens with zero attached hydrogens (tertiary/aromatic N) is 4. The molecule has 2 rings (SSSR count).